The third kappa shape index (κ3) is 4.03. The van der Waals surface area contributed by atoms with Crippen molar-refractivity contribution in [1.29, 1.82) is 0 Å². The molecule has 1 N–H and O–H groups in total. The van der Waals surface area contributed by atoms with Crippen molar-refractivity contribution in [2.45, 2.75) is 45.1 Å². The van der Waals surface area contributed by atoms with Crippen molar-refractivity contribution in [3.05, 3.63) is 0 Å². The van der Waals surface area contributed by atoms with Crippen LogP contribution in [0.15, 0.2) is 0 Å². The van der Waals surface area contributed by atoms with Gasteiger partial charge >= 0.3 is 0 Å². The average Bonchev–Trinajstić information content (AvgIpc) is 2.25. The standard InChI is InChI=1S/C11H24N2O2S/c1-11-7-3-5-9-13(11)16(14,15)10-6-4-8-12-2/h11-12H,3-10H2,1-2H3. The smallest absolute Gasteiger partial charge is 0.214 e. The van der Waals surface area contributed by atoms with Gasteiger partial charge in [0.05, 0.1) is 5.75 Å². The summed E-state index contributed by atoms with van der Waals surface area (Å²) in [6, 6.07) is 0.197. The molecule has 0 bridgehead atoms. The number of nitrogens with zero attached hydrogens (tertiary/aromatic N) is 1. The summed E-state index contributed by atoms with van der Waals surface area (Å²) in [7, 11) is -1.12. The molecule has 4 nitrogen and oxygen atoms in total. The van der Waals surface area contributed by atoms with Gasteiger partial charge in [-0.25, -0.2) is 8.42 Å². The van der Waals surface area contributed by atoms with Crippen molar-refractivity contribution in [2.24, 2.45) is 0 Å². The molecule has 0 amide bonds. The maximum absolute atomic E-state index is 12.1. The first-order chi connectivity index (χ1) is 7.58. The second-order valence-electron chi connectivity index (χ2n) is 4.58. The average molecular weight is 248 g/mol. The van der Waals surface area contributed by atoms with Crippen LogP contribution in [0.5, 0.6) is 0 Å². The first-order valence-electron chi connectivity index (χ1n) is 6.22. The molecule has 0 radical (unpaired) electrons. The van der Waals surface area contributed by atoms with Crippen LogP contribution in [0.4, 0.5) is 0 Å². The molecule has 1 rings (SSSR count). The number of hydrogen-bond acceptors (Lipinski definition) is 3. The lowest BCUT2D eigenvalue weighted by atomic mass is 10.1. The van der Waals surface area contributed by atoms with Gasteiger partial charge in [-0.05, 0) is 46.2 Å². The third-order valence-electron chi connectivity index (χ3n) is 3.18. The Balaban J connectivity index is 2.42. The van der Waals surface area contributed by atoms with Gasteiger partial charge in [0.1, 0.15) is 0 Å². The van der Waals surface area contributed by atoms with E-state index in [-0.39, 0.29) is 6.04 Å². The topological polar surface area (TPSA) is 49.4 Å². The first-order valence-corrected chi connectivity index (χ1v) is 7.83. The predicted octanol–water partition coefficient (Wildman–Crippen LogP) is 1.19. The fourth-order valence-corrected chi connectivity index (χ4v) is 4.05. The van der Waals surface area contributed by atoms with Gasteiger partial charge in [-0.3, -0.25) is 0 Å². The minimum absolute atomic E-state index is 0.197. The Bertz CT molecular complexity index is 290. The van der Waals surface area contributed by atoms with Gasteiger partial charge in [0.2, 0.25) is 10.0 Å². The van der Waals surface area contributed by atoms with E-state index in [0.717, 1.165) is 45.2 Å². The number of nitrogens with one attached hydrogen (secondary N) is 1. The molecule has 1 fully saturated rings. The molecule has 96 valence electrons. The lowest BCUT2D eigenvalue weighted by molar-refractivity contribution is 0.268. The van der Waals surface area contributed by atoms with E-state index in [9.17, 15) is 8.42 Å². The van der Waals surface area contributed by atoms with E-state index in [1.807, 2.05) is 14.0 Å². The third-order valence-corrected chi connectivity index (χ3v) is 5.24. The van der Waals surface area contributed by atoms with Crippen LogP contribution in [0.3, 0.4) is 0 Å². The first kappa shape index (κ1) is 13.9. The molecule has 0 aromatic rings. The molecule has 1 atom stereocenters. The molecule has 0 aromatic carbocycles. The van der Waals surface area contributed by atoms with Gasteiger partial charge in [-0.2, -0.15) is 4.31 Å². The number of hydrogen-bond donors (Lipinski definition) is 1. The maximum atomic E-state index is 12.1. The summed E-state index contributed by atoms with van der Waals surface area (Å²) < 4.78 is 25.8. The Morgan fingerprint density at radius 3 is 2.69 bits per heavy atom. The zero-order valence-electron chi connectivity index (χ0n) is 10.4. The van der Waals surface area contributed by atoms with Gasteiger partial charge in [0, 0.05) is 12.6 Å². The van der Waals surface area contributed by atoms with E-state index < -0.39 is 10.0 Å². The lowest BCUT2D eigenvalue weighted by Gasteiger charge is -2.32. The van der Waals surface area contributed by atoms with Crippen LogP contribution in [0.25, 0.3) is 0 Å². The monoisotopic (exact) mass is 248 g/mol. The Labute approximate surface area is 99.5 Å². The van der Waals surface area contributed by atoms with Crippen molar-refractivity contribution in [3.63, 3.8) is 0 Å². The van der Waals surface area contributed by atoms with Gasteiger partial charge in [-0.15, -0.1) is 0 Å². The van der Waals surface area contributed by atoms with E-state index >= 15 is 0 Å². The normalized spacial score (nSPS) is 23.5. The number of unbranched alkanes of at least 4 members (excludes halogenated alkanes) is 1. The molecule has 0 saturated carbocycles. The minimum atomic E-state index is -3.01. The maximum Gasteiger partial charge on any atom is 0.214 e. The Morgan fingerprint density at radius 1 is 1.31 bits per heavy atom. The molecule has 1 unspecified atom stereocenters. The van der Waals surface area contributed by atoms with E-state index in [0.29, 0.717) is 5.75 Å². The minimum Gasteiger partial charge on any atom is -0.320 e. The van der Waals surface area contributed by atoms with Crippen molar-refractivity contribution >= 4 is 10.0 Å². The van der Waals surface area contributed by atoms with Crippen LogP contribution in [0, 0.1) is 0 Å². The van der Waals surface area contributed by atoms with Gasteiger partial charge in [0.15, 0.2) is 0 Å². The summed E-state index contributed by atoms with van der Waals surface area (Å²) in [5.41, 5.74) is 0. The Hall–Kier alpha value is -0.130. The van der Waals surface area contributed by atoms with Crippen LogP contribution in [0.1, 0.15) is 39.0 Å². The van der Waals surface area contributed by atoms with Crippen molar-refractivity contribution in [2.75, 3.05) is 25.9 Å². The zero-order chi connectivity index (χ0) is 12.0. The SMILES string of the molecule is CNCCCCS(=O)(=O)N1CCCCC1C. The summed E-state index contributed by atoms with van der Waals surface area (Å²) in [5, 5.41) is 3.03. The molecule has 0 aliphatic carbocycles. The van der Waals surface area contributed by atoms with Crippen LogP contribution in [-0.2, 0) is 10.0 Å². The summed E-state index contributed by atoms with van der Waals surface area (Å²) in [5.74, 6) is 0.305. The Kier molecular flexibility index (Phi) is 5.72. The number of sulfonamides is 1. The largest absolute Gasteiger partial charge is 0.320 e. The lowest BCUT2D eigenvalue weighted by Crippen LogP contribution is -2.43. The van der Waals surface area contributed by atoms with Crippen LogP contribution >= 0.6 is 0 Å². The Morgan fingerprint density at radius 2 is 2.06 bits per heavy atom. The second kappa shape index (κ2) is 6.57. The van der Waals surface area contributed by atoms with Crippen molar-refractivity contribution < 1.29 is 8.42 Å². The highest BCUT2D eigenvalue weighted by atomic mass is 32.2. The van der Waals surface area contributed by atoms with E-state index in [1.54, 1.807) is 4.31 Å². The fourth-order valence-electron chi connectivity index (χ4n) is 2.19. The molecule has 1 saturated heterocycles. The molecule has 1 aliphatic heterocycles. The van der Waals surface area contributed by atoms with Gasteiger partial charge in [0.25, 0.3) is 0 Å². The summed E-state index contributed by atoms with van der Waals surface area (Å²) >= 11 is 0. The van der Waals surface area contributed by atoms with Crippen molar-refractivity contribution in [3.8, 4) is 0 Å². The molecule has 16 heavy (non-hydrogen) atoms. The summed E-state index contributed by atoms with van der Waals surface area (Å²) in [6.07, 6.45) is 4.87. The summed E-state index contributed by atoms with van der Waals surface area (Å²) in [6.45, 7) is 3.63. The van der Waals surface area contributed by atoms with Crippen LogP contribution in [-0.4, -0.2) is 44.7 Å². The highest BCUT2D eigenvalue weighted by molar-refractivity contribution is 7.89. The highest BCUT2D eigenvalue weighted by Crippen LogP contribution is 2.20. The molecule has 5 heteroatoms. The van der Waals surface area contributed by atoms with Crippen LogP contribution in [0.2, 0.25) is 0 Å². The second-order valence-corrected chi connectivity index (χ2v) is 6.62. The van der Waals surface area contributed by atoms with E-state index in [4.69, 9.17) is 0 Å². The van der Waals surface area contributed by atoms with Gasteiger partial charge in [-0.1, -0.05) is 6.42 Å². The fraction of sp³-hybridized carbons (Fsp3) is 1.00. The van der Waals surface area contributed by atoms with E-state index in [1.165, 1.54) is 0 Å². The number of rotatable bonds is 6. The molecular formula is C11H24N2O2S. The van der Waals surface area contributed by atoms with Crippen LogP contribution < -0.4 is 5.32 Å². The highest BCUT2D eigenvalue weighted by Gasteiger charge is 2.28. The predicted molar refractivity (Wildman–Crippen MR) is 67.0 cm³/mol. The molecule has 1 heterocycles. The quantitative estimate of drug-likeness (QED) is 0.718. The molecule has 1 aliphatic rings. The summed E-state index contributed by atoms with van der Waals surface area (Å²) in [4.78, 5) is 0. The van der Waals surface area contributed by atoms with Crippen molar-refractivity contribution in [1.82, 2.24) is 9.62 Å². The van der Waals surface area contributed by atoms with E-state index in [2.05, 4.69) is 5.32 Å². The zero-order valence-corrected chi connectivity index (χ0v) is 11.2. The molecule has 0 spiro atoms. The molecule has 0 aromatic heterocycles. The number of piperidine rings is 1. The van der Waals surface area contributed by atoms with Gasteiger partial charge < -0.3 is 5.32 Å². The molecular weight excluding hydrogens is 224 g/mol.